The summed E-state index contributed by atoms with van der Waals surface area (Å²) in [6.07, 6.45) is 1.30. The Kier molecular flexibility index (Phi) is 25.7. The molecule has 0 saturated carbocycles. The number of ketones is 1. The van der Waals surface area contributed by atoms with Gasteiger partial charge in [0.2, 0.25) is 17.7 Å². The van der Waals surface area contributed by atoms with E-state index in [9.17, 15) is 24.0 Å². The SMILES string of the molecule is CC.CCC(=O)NCCOCCOCCOCCC(=O)NC(C(=O)NC(CCCNC(N)=O)C(=O)C(C)C)C(C)C. The molecule has 5 amide bonds. The van der Waals surface area contributed by atoms with E-state index in [0.717, 1.165) is 0 Å². The Morgan fingerprint density at radius 3 is 1.80 bits per heavy atom. The Morgan fingerprint density at radius 2 is 1.29 bits per heavy atom. The molecule has 0 aromatic rings. The van der Waals surface area contributed by atoms with Crippen molar-refractivity contribution in [3.05, 3.63) is 0 Å². The van der Waals surface area contributed by atoms with Crippen molar-refractivity contribution in [1.29, 1.82) is 0 Å². The van der Waals surface area contributed by atoms with Gasteiger partial charge in [-0.15, -0.1) is 0 Å². The topological polar surface area (TPSA) is 187 Å². The summed E-state index contributed by atoms with van der Waals surface area (Å²) in [6, 6.07) is -2.20. The minimum absolute atomic E-state index is 0.0152. The Labute approximate surface area is 245 Å². The highest BCUT2D eigenvalue weighted by atomic mass is 16.5. The normalized spacial score (nSPS) is 12.1. The molecule has 0 aliphatic carbocycles. The highest BCUT2D eigenvalue weighted by molar-refractivity contribution is 5.93. The minimum atomic E-state index is -0.817. The average molecular weight is 590 g/mol. The number of carbonyl (C=O) groups excluding carboxylic acids is 5. The van der Waals surface area contributed by atoms with Crippen LogP contribution in [0.25, 0.3) is 0 Å². The van der Waals surface area contributed by atoms with Crippen molar-refractivity contribution in [3.63, 3.8) is 0 Å². The maximum Gasteiger partial charge on any atom is 0.312 e. The lowest BCUT2D eigenvalue weighted by Gasteiger charge is -2.26. The molecule has 0 aromatic heterocycles. The van der Waals surface area contributed by atoms with E-state index in [1.807, 2.05) is 13.8 Å². The number of urea groups is 1. The van der Waals surface area contributed by atoms with Crippen molar-refractivity contribution in [2.75, 3.05) is 52.7 Å². The molecule has 0 saturated heterocycles. The molecule has 240 valence electrons. The molecule has 0 rings (SSSR count). The molecule has 0 heterocycles. The molecular formula is C28H55N5O8. The summed E-state index contributed by atoms with van der Waals surface area (Å²) in [4.78, 5) is 59.9. The van der Waals surface area contributed by atoms with Gasteiger partial charge in [-0.25, -0.2) is 4.79 Å². The summed E-state index contributed by atoms with van der Waals surface area (Å²) in [5, 5.41) is 10.7. The van der Waals surface area contributed by atoms with Crippen LogP contribution in [0, 0.1) is 11.8 Å². The third kappa shape index (κ3) is 22.6. The molecule has 41 heavy (non-hydrogen) atoms. The first-order valence-electron chi connectivity index (χ1n) is 14.7. The fourth-order valence-electron chi connectivity index (χ4n) is 3.34. The van der Waals surface area contributed by atoms with Crippen molar-refractivity contribution in [1.82, 2.24) is 21.3 Å². The van der Waals surface area contributed by atoms with Gasteiger partial charge in [0.1, 0.15) is 6.04 Å². The number of ether oxygens (including phenoxy) is 3. The number of hydrogen-bond donors (Lipinski definition) is 5. The Balaban J connectivity index is 0. The molecule has 0 aliphatic rings. The predicted octanol–water partition coefficient (Wildman–Crippen LogP) is 1.28. The molecular weight excluding hydrogens is 534 g/mol. The van der Waals surface area contributed by atoms with Gasteiger partial charge in [0.15, 0.2) is 5.78 Å². The molecule has 0 bridgehead atoms. The molecule has 2 unspecified atom stereocenters. The lowest BCUT2D eigenvalue weighted by molar-refractivity contribution is -0.133. The van der Waals surface area contributed by atoms with Crippen LogP contribution < -0.4 is 27.0 Å². The van der Waals surface area contributed by atoms with Crippen LogP contribution in [-0.2, 0) is 33.4 Å². The lowest BCUT2D eigenvalue weighted by atomic mass is 9.96. The van der Waals surface area contributed by atoms with Crippen LogP contribution in [0.1, 0.15) is 74.1 Å². The zero-order valence-corrected chi connectivity index (χ0v) is 26.1. The molecule has 13 nitrogen and oxygen atoms in total. The molecule has 0 aromatic carbocycles. The first kappa shape index (κ1) is 40.4. The van der Waals surface area contributed by atoms with E-state index in [2.05, 4.69) is 21.3 Å². The van der Waals surface area contributed by atoms with Gasteiger partial charge in [-0.3, -0.25) is 19.2 Å². The van der Waals surface area contributed by atoms with Gasteiger partial charge in [0, 0.05) is 31.8 Å². The monoisotopic (exact) mass is 589 g/mol. The van der Waals surface area contributed by atoms with Crippen molar-refractivity contribution in [3.8, 4) is 0 Å². The second kappa shape index (κ2) is 26.1. The van der Waals surface area contributed by atoms with Crippen molar-refractivity contribution >= 4 is 29.5 Å². The lowest BCUT2D eigenvalue weighted by Crippen LogP contribution is -2.54. The van der Waals surface area contributed by atoms with E-state index in [0.29, 0.717) is 58.8 Å². The molecule has 2 atom stereocenters. The Bertz CT molecular complexity index is 749. The third-order valence-electron chi connectivity index (χ3n) is 5.57. The van der Waals surface area contributed by atoms with E-state index in [1.54, 1.807) is 34.6 Å². The molecule has 0 radical (unpaired) electrons. The van der Waals surface area contributed by atoms with Crippen molar-refractivity contribution in [2.45, 2.75) is 86.2 Å². The van der Waals surface area contributed by atoms with Crippen LogP contribution >= 0.6 is 0 Å². The first-order valence-corrected chi connectivity index (χ1v) is 14.7. The number of amides is 5. The fraction of sp³-hybridized carbons (Fsp3) is 0.821. The fourth-order valence-corrected chi connectivity index (χ4v) is 3.34. The number of nitrogens with one attached hydrogen (secondary N) is 4. The second-order valence-electron chi connectivity index (χ2n) is 9.63. The number of primary amides is 1. The maximum absolute atomic E-state index is 13.0. The zero-order valence-electron chi connectivity index (χ0n) is 26.1. The first-order chi connectivity index (χ1) is 19.5. The highest BCUT2D eigenvalue weighted by Gasteiger charge is 2.29. The Hall–Kier alpha value is -2.77. The number of hydrogen-bond acceptors (Lipinski definition) is 8. The summed E-state index contributed by atoms with van der Waals surface area (Å²) >= 11 is 0. The predicted molar refractivity (Wildman–Crippen MR) is 157 cm³/mol. The highest BCUT2D eigenvalue weighted by Crippen LogP contribution is 2.09. The summed E-state index contributed by atoms with van der Waals surface area (Å²) in [5.74, 6) is -1.42. The molecule has 0 fully saturated rings. The number of nitrogens with two attached hydrogens (primary N) is 1. The van der Waals surface area contributed by atoms with E-state index in [-0.39, 0.29) is 49.0 Å². The van der Waals surface area contributed by atoms with Gasteiger partial charge in [-0.1, -0.05) is 48.5 Å². The van der Waals surface area contributed by atoms with Crippen LogP contribution in [0.15, 0.2) is 0 Å². The number of carbonyl (C=O) groups is 5. The maximum atomic E-state index is 13.0. The van der Waals surface area contributed by atoms with Crippen molar-refractivity contribution < 1.29 is 38.2 Å². The van der Waals surface area contributed by atoms with Crippen LogP contribution in [0.3, 0.4) is 0 Å². The average Bonchev–Trinajstić information content (AvgIpc) is 2.93. The number of Topliss-reactive ketones (excluding diaryl/α,β-unsaturated/α-hetero) is 1. The van der Waals surface area contributed by atoms with Crippen LogP contribution in [0.4, 0.5) is 4.79 Å². The smallest absolute Gasteiger partial charge is 0.312 e. The summed E-state index contributed by atoms with van der Waals surface area (Å²) in [5.41, 5.74) is 5.06. The van der Waals surface area contributed by atoms with E-state index >= 15 is 0 Å². The largest absolute Gasteiger partial charge is 0.379 e. The van der Waals surface area contributed by atoms with Gasteiger partial charge < -0.3 is 41.2 Å². The van der Waals surface area contributed by atoms with Gasteiger partial charge >= 0.3 is 6.03 Å². The van der Waals surface area contributed by atoms with E-state index in [4.69, 9.17) is 19.9 Å². The molecule has 13 heteroatoms. The van der Waals surface area contributed by atoms with Gasteiger partial charge in [-0.2, -0.15) is 0 Å². The van der Waals surface area contributed by atoms with Crippen molar-refractivity contribution in [2.24, 2.45) is 17.6 Å². The van der Waals surface area contributed by atoms with Crippen LogP contribution in [0.2, 0.25) is 0 Å². The third-order valence-corrected chi connectivity index (χ3v) is 5.57. The zero-order chi connectivity index (χ0) is 31.6. The van der Waals surface area contributed by atoms with E-state index < -0.39 is 24.0 Å². The summed E-state index contributed by atoms with van der Waals surface area (Å²) in [7, 11) is 0. The van der Waals surface area contributed by atoms with Gasteiger partial charge in [0.25, 0.3) is 0 Å². The summed E-state index contributed by atoms with van der Waals surface area (Å²) < 4.78 is 16.2. The van der Waals surface area contributed by atoms with Gasteiger partial charge in [0.05, 0.1) is 45.7 Å². The van der Waals surface area contributed by atoms with Crippen LogP contribution in [0.5, 0.6) is 0 Å². The quantitative estimate of drug-likeness (QED) is 0.110. The number of rotatable bonds is 23. The van der Waals surface area contributed by atoms with Gasteiger partial charge in [-0.05, 0) is 18.8 Å². The molecule has 0 spiro atoms. The Morgan fingerprint density at radius 1 is 0.732 bits per heavy atom. The summed E-state index contributed by atoms with van der Waals surface area (Å²) in [6.45, 7) is 15.7. The van der Waals surface area contributed by atoms with E-state index in [1.165, 1.54) is 0 Å². The standard InChI is InChI=1S/C26H49N5O8.C2H6/c1-6-21(32)28-11-13-38-15-17-39-16-14-37-12-9-22(33)31-23(18(2)3)25(35)30-20(24(34)19(4)5)8-7-10-29-26(27)36;1-2/h18-20,23H,6-17H2,1-5H3,(H,28,32)(H,30,35)(H,31,33)(H3,27,29,36);1-2H3. The molecule has 6 N–H and O–H groups in total. The molecule has 0 aliphatic heterocycles. The minimum Gasteiger partial charge on any atom is -0.379 e. The van der Waals surface area contributed by atoms with Crippen LogP contribution in [-0.4, -0.2) is 94.4 Å². The second-order valence-corrected chi connectivity index (χ2v) is 9.63.